The summed E-state index contributed by atoms with van der Waals surface area (Å²) in [6, 6.07) is 1.16. The van der Waals surface area contributed by atoms with Crippen LogP contribution in [0.2, 0.25) is 10.0 Å². The Balaban J connectivity index is 2.74. The molecule has 1 N–H and O–H groups in total. The summed E-state index contributed by atoms with van der Waals surface area (Å²) in [6.07, 6.45) is -4.72. The van der Waals surface area contributed by atoms with Gasteiger partial charge in [0, 0.05) is 6.54 Å². The molecule has 4 nitrogen and oxygen atoms in total. The summed E-state index contributed by atoms with van der Waals surface area (Å²) < 4.78 is 90.1. The van der Waals surface area contributed by atoms with Crippen molar-refractivity contribution in [3.8, 4) is 5.69 Å². The van der Waals surface area contributed by atoms with Crippen molar-refractivity contribution in [3.05, 3.63) is 33.4 Å². The molecule has 1 atom stereocenters. The van der Waals surface area contributed by atoms with Gasteiger partial charge in [0.2, 0.25) is 4.90 Å². The first-order valence-electron chi connectivity index (χ1n) is 7.17. The van der Waals surface area contributed by atoms with Crippen LogP contribution in [-0.4, -0.2) is 26.4 Å². The lowest BCUT2D eigenvalue weighted by molar-refractivity contribution is -0.137. The van der Waals surface area contributed by atoms with Crippen LogP contribution in [0.1, 0.15) is 18.2 Å². The van der Waals surface area contributed by atoms with Crippen molar-refractivity contribution in [2.45, 2.75) is 30.4 Å². The first-order valence-corrected chi connectivity index (χ1v) is 9.08. The first kappa shape index (κ1) is 22.0. The molecule has 0 aliphatic rings. The molecular formula is C14H11Cl2F6N3OS. The van der Waals surface area contributed by atoms with Crippen LogP contribution < -0.4 is 5.32 Å². The molecule has 0 radical (unpaired) electrons. The number of rotatable bonds is 4. The van der Waals surface area contributed by atoms with E-state index in [9.17, 15) is 30.9 Å². The number of aryl methyl sites for hydroxylation is 1. The quantitative estimate of drug-likeness (QED) is 0.486. The highest BCUT2D eigenvalue weighted by atomic mass is 35.5. The number of anilines is 1. The molecule has 2 rings (SSSR count). The lowest BCUT2D eigenvalue weighted by Gasteiger charge is -2.16. The van der Waals surface area contributed by atoms with Gasteiger partial charge in [-0.2, -0.15) is 18.3 Å². The molecule has 0 saturated heterocycles. The monoisotopic (exact) mass is 453 g/mol. The second-order valence-electron chi connectivity index (χ2n) is 5.21. The summed E-state index contributed by atoms with van der Waals surface area (Å²) in [7, 11) is 0. The molecule has 0 fully saturated rings. The van der Waals surface area contributed by atoms with Gasteiger partial charge in [0.1, 0.15) is 22.6 Å². The predicted molar refractivity (Wildman–Crippen MR) is 90.0 cm³/mol. The third-order valence-electron chi connectivity index (χ3n) is 3.30. The van der Waals surface area contributed by atoms with E-state index in [1.807, 2.05) is 0 Å². The fourth-order valence-electron chi connectivity index (χ4n) is 2.27. The van der Waals surface area contributed by atoms with Crippen LogP contribution in [0.4, 0.5) is 32.2 Å². The summed E-state index contributed by atoms with van der Waals surface area (Å²) in [4.78, 5) is -0.656. The minimum absolute atomic E-state index is 0.114. The lowest BCUT2D eigenvalue weighted by atomic mass is 10.2. The number of hydrogen-bond donors (Lipinski definition) is 1. The van der Waals surface area contributed by atoms with Crippen LogP contribution in [0.15, 0.2) is 17.0 Å². The Hall–Kier alpha value is -1.30. The second kappa shape index (κ2) is 7.61. The number of halogens is 8. The minimum Gasteiger partial charge on any atom is -0.604 e. The number of nitrogens with one attached hydrogen (secondary N) is 1. The van der Waals surface area contributed by atoms with Gasteiger partial charge < -0.3 is 9.87 Å². The van der Waals surface area contributed by atoms with Gasteiger partial charge in [-0.15, -0.1) is 13.2 Å². The van der Waals surface area contributed by atoms with Crippen LogP contribution in [-0.2, 0) is 17.4 Å². The van der Waals surface area contributed by atoms with Crippen molar-refractivity contribution in [2.75, 3.05) is 11.9 Å². The zero-order valence-corrected chi connectivity index (χ0v) is 15.9. The summed E-state index contributed by atoms with van der Waals surface area (Å²) in [5, 5.41) is 5.47. The fourth-order valence-corrected chi connectivity index (χ4v) is 3.79. The van der Waals surface area contributed by atoms with Gasteiger partial charge in [-0.25, -0.2) is 4.68 Å². The van der Waals surface area contributed by atoms with Crippen molar-refractivity contribution >= 4 is 40.2 Å². The van der Waals surface area contributed by atoms with E-state index in [0.717, 1.165) is 4.68 Å². The SMILES string of the molecule is CCNc1c([S+]([O-])C(F)(F)F)c(C)nn1-c1c(Cl)cc(C(F)(F)F)cc1Cl. The van der Waals surface area contributed by atoms with E-state index in [2.05, 4.69) is 10.4 Å². The maximum absolute atomic E-state index is 12.9. The first-order chi connectivity index (χ1) is 12.3. The summed E-state index contributed by atoms with van der Waals surface area (Å²) >= 11 is 8.39. The average Bonchev–Trinajstić information content (AvgIpc) is 2.80. The lowest BCUT2D eigenvalue weighted by Crippen LogP contribution is -2.25. The maximum Gasteiger partial charge on any atom is 0.578 e. The highest BCUT2D eigenvalue weighted by Gasteiger charge is 2.49. The van der Waals surface area contributed by atoms with E-state index >= 15 is 0 Å². The van der Waals surface area contributed by atoms with Crippen molar-refractivity contribution in [1.82, 2.24) is 9.78 Å². The normalized spacial score (nSPS) is 13.7. The molecule has 0 aliphatic heterocycles. The molecule has 1 heterocycles. The third-order valence-corrected chi connectivity index (χ3v) is 5.16. The summed E-state index contributed by atoms with van der Waals surface area (Å²) in [5.41, 5.74) is -6.70. The molecule has 27 heavy (non-hydrogen) atoms. The summed E-state index contributed by atoms with van der Waals surface area (Å²) in [5.74, 6) is -0.325. The highest BCUT2D eigenvalue weighted by molar-refractivity contribution is 7.92. The van der Waals surface area contributed by atoms with Crippen LogP contribution in [0.3, 0.4) is 0 Å². The number of nitrogens with zero attached hydrogens (tertiary/aromatic N) is 2. The van der Waals surface area contributed by atoms with Gasteiger partial charge in [-0.05, 0) is 26.0 Å². The van der Waals surface area contributed by atoms with E-state index in [-0.39, 0.29) is 23.7 Å². The second-order valence-corrected chi connectivity index (χ2v) is 7.43. The van der Waals surface area contributed by atoms with E-state index in [1.54, 1.807) is 6.92 Å². The molecule has 1 unspecified atom stereocenters. The molecule has 0 bridgehead atoms. The number of benzene rings is 1. The van der Waals surface area contributed by atoms with Crippen LogP contribution in [0.25, 0.3) is 5.69 Å². The number of alkyl halides is 6. The van der Waals surface area contributed by atoms with Gasteiger partial charge >= 0.3 is 11.7 Å². The molecule has 1 aromatic carbocycles. The van der Waals surface area contributed by atoms with Crippen molar-refractivity contribution in [1.29, 1.82) is 0 Å². The molecule has 13 heteroatoms. The van der Waals surface area contributed by atoms with Crippen LogP contribution >= 0.6 is 23.2 Å². The van der Waals surface area contributed by atoms with Crippen molar-refractivity contribution < 1.29 is 30.9 Å². The van der Waals surface area contributed by atoms with E-state index < -0.39 is 43.4 Å². The zero-order chi connectivity index (χ0) is 20.7. The fraction of sp³-hybridized carbons (Fsp3) is 0.357. The molecule has 1 aromatic heterocycles. The van der Waals surface area contributed by atoms with Crippen molar-refractivity contribution in [2.24, 2.45) is 0 Å². The molecule has 0 amide bonds. The predicted octanol–water partition coefficient (Wildman–Crippen LogP) is 5.57. The number of hydrogen-bond acceptors (Lipinski definition) is 3. The molecule has 0 spiro atoms. The number of aromatic nitrogens is 2. The van der Waals surface area contributed by atoms with Crippen molar-refractivity contribution in [3.63, 3.8) is 0 Å². The molecule has 2 aromatic rings. The Kier molecular flexibility index (Phi) is 6.20. The van der Waals surface area contributed by atoms with Crippen LogP contribution in [0, 0.1) is 6.92 Å². The standard InChI is InChI=1S/C14H11Cl2F6N3OS/c1-3-23-12-11(27(26)14(20,21)22)6(2)24-25(12)10-8(15)4-7(5-9(10)16)13(17,18)19/h4-5,23H,3H2,1-2H3. The third kappa shape index (κ3) is 4.41. The smallest absolute Gasteiger partial charge is 0.578 e. The van der Waals surface area contributed by atoms with E-state index in [0.29, 0.717) is 12.1 Å². The molecule has 0 aliphatic carbocycles. The van der Waals surface area contributed by atoms with Gasteiger partial charge in [0.05, 0.1) is 15.6 Å². The van der Waals surface area contributed by atoms with Gasteiger partial charge in [-0.3, -0.25) is 0 Å². The summed E-state index contributed by atoms with van der Waals surface area (Å²) in [6.45, 7) is 2.86. The van der Waals surface area contributed by atoms with E-state index in [1.165, 1.54) is 6.92 Å². The zero-order valence-electron chi connectivity index (χ0n) is 13.6. The largest absolute Gasteiger partial charge is 0.604 e. The van der Waals surface area contributed by atoms with Gasteiger partial charge in [-0.1, -0.05) is 23.2 Å². The molecular weight excluding hydrogens is 443 g/mol. The van der Waals surface area contributed by atoms with E-state index in [4.69, 9.17) is 23.2 Å². The minimum atomic E-state index is -5.06. The van der Waals surface area contributed by atoms with Crippen LogP contribution in [0.5, 0.6) is 0 Å². The highest BCUT2D eigenvalue weighted by Crippen LogP contribution is 2.42. The Morgan fingerprint density at radius 2 is 1.67 bits per heavy atom. The Bertz CT molecular complexity index is 830. The molecule has 0 saturated carbocycles. The Morgan fingerprint density at radius 1 is 1.15 bits per heavy atom. The van der Waals surface area contributed by atoms with Gasteiger partial charge in [0.25, 0.3) is 0 Å². The average molecular weight is 454 g/mol. The van der Waals surface area contributed by atoms with Gasteiger partial charge in [0.15, 0.2) is 5.82 Å². The Labute approximate surface area is 162 Å². The molecule has 150 valence electrons. The Morgan fingerprint density at radius 3 is 2.07 bits per heavy atom. The maximum atomic E-state index is 12.9. The topological polar surface area (TPSA) is 52.9 Å².